The molecule has 0 aliphatic carbocycles. The number of amides is 1. The number of carbonyl (C=O) groups is 2. The summed E-state index contributed by atoms with van der Waals surface area (Å²) in [4.78, 5) is 37.8. The van der Waals surface area contributed by atoms with Crippen LogP contribution in [0.1, 0.15) is 61.7 Å². The number of hydrogen-bond acceptors (Lipinski definition) is 8. The minimum Gasteiger partial charge on any atom is -0.444 e. The lowest BCUT2D eigenvalue weighted by Crippen LogP contribution is -2.46. The number of aromatic nitrogens is 2. The number of anilines is 3. The predicted octanol–water partition coefficient (Wildman–Crippen LogP) is 7.14. The summed E-state index contributed by atoms with van der Waals surface area (Å²) in [6.45, 7) is 12.1. The van der Waals surface area contributed by atoms with E-state index in [4.69, 9.17) is 14.5 Å². The predicted molar refractivity (Wildman–Crippen MR) is 176 cm³/mol. The molecular formula is C36H40FN5O4. The van der Waals surface area contributed by atoms with Gasteiger partial charge in [-0.1, -0.05) is 36.4 Å². The average molecular weight is 626 g/mol. The van der Waals surface area contributed by atoms with Gasteiger partial charge in [0.1, 0.15) is 29.0 Å². The summed E-state index contributed by atoms with van der Waals surface area (Å²) in [6.07, 6.45) is 0.326. The smallest absolute Gasteiger partial charge is 0.408 e. The average Bonchev–Trinajstić information content (AvgIpc) is 3.00. The summed E-state index contributed by atoms with van der Waals surface area (Å²) in [5, 5.41) is 5.88. The van der Waals surface area contributed by atoms with Crippen molar-refractivity contribution in [2.45, 2.75) is 72.1 Å². The molecule has 1 amide bonds. The molecule has 2 atom stereocenters. The van der Waals surface area contributed by atoms with E-state index in [0.717, 1.165) is 46.7 Å². The highest BCUT2D eigenvalue weighted by Crippen LogP contribution is 2.37. The molecule has 1 unspecified atom stereocenters. The Balaban J connectivity index is 1.36. The van der Waals surface area contributed by atoms with Crippen LogP contribution in [0.2, 0.25) is 0 Å². The Kier molecular flexibility index (Phi) is 9.55. The third-order valence-electron chi connectivity index (χ3n) is 7.87. The zero-order valence-electron chi connectivity index (χ0n) is 27.1. The van der Waals surface area contributed by atoms with E-state index in [-0.39, 0.29) is 18.3 Å². The molecule has 0 radical (unpaired) electrons. The van der Waals surface area contributed by atoms with E-state index >= 15 is 0 Å². The topological polar surface area (TPSA) is 106 Å². The van der Waals surface area contributed by atoms with Gasteiger partial charge in [0, 0.05) is 29.9 Å². The van der Waals surface area contributed by atoms with Crippen LogP contribution in [0.3, 0.4) is 0 Å². The van der Waals surface area contributed by atoms with Gasteiger partial charge in [0.15, 0.2) is 0 Å². The largest absolute Gasteiger partial charge is 0.444 e. The van der Waals surface area contributed by atoms with Crippen LogP contribution >= 0.6 is 0 Å². The number of rotatable bonds is 8. The van der Waals surface area contributed by atoms with E-state index < -0.39 is 23.7 Å². The monoisotopic (exact) mass is 625 g/mol. The van der Waals surface area contributed by atoms with Gasteiger partial charge < -0.3 is 25.0 Å². The molecule has 0 saturated heterocycles. The zero-order chi connectivity index (χ0) is 33.0. The van der Waals surface area contributed by atoms with E-state index in [0.29, 0.717) is 17.4 Å². The fourth-order valence-electron chi connectivity index (χ4n) is 5.44. The molecule has 46 heavy (non-hydrogen) atoms. The lowest BCUT2D eigenvalue weighted by molar-refractivity contribution is -0.136. The van der Waals surface area contributed by atoms with Crippen molar-refractivity contribution < 1.29 is 23.5 Å². The molecule has 3 aromatic carbocycles. The molecule has 4 aromatic rings. The van der Waals surface area contributed by atoms with Crippen LogP contribution in [0, 0.1) is 19.7 Å². The normalized spacial score (nSPS) is 15.0. The molecule has 5 rings (SSSR count). The van der Waals surface area contributed by atoms with Crippen LogP contribution < -0.4 is 20.3 Å². The molecule has 1 aromatic heterocycles. The Morgan fingerprint density at radius 2 is 1.74 bits per heavy atom. The molecule has 0 saturated carbocycles. The number of fused-ring (bicyclic) bond motifs is 1. The van der Waals surface area contributed by atoms with Crippen molar-refractivity contribution in [2.75, 3.05) is 16.8 Å². The first kappa shape index (κ1) is 32.4. The molecule has 0 bridgehead atoms. The van der Waals surface area contributed by atoms with Gasteiger partial charge >= 0.3 is 12.1 Å². The van der Waals surface area contributed by atoms with E-state index in [1.165, 1.54) is 12.1 Å². The van der Waals surface area contributed by atoms with E-state index in [9.17, 15) is 14.0 Å². The zero-order valence-corrected chi connectivity index (χ0v) is 27.1. The van der Waals surface area contributed by atoms with Gasteiger partial charge in [-0.2, -0.15) is 4.98 Å². The summed E-state index contributed by atoms with van der Waals surface area (Å²) < 4.78 is 24.7. The summed E-state index contributed by atoms with van der Waals surface area (Å²) in [5.74, 6) is 0.697. The Labute approximate surface area is 269 Å². The Morgan fingerprint density at radius 1 is 1.02 bits per heavy atom. The van der Waals surface area contributed by atoms with Gasteiger partial charge in [0.2, 0.25) is 5.95 Å². The maximum absolute atomic E-state index is 13.5. The highest BCUT2D eigenvalue weighted by atomic mass is 19.1. The first-order chi connectivity index (χ1) is 21.9. The molecule has 2 N–H and O–H groups in total. The maximum atomic E-state index is 13.5. The van der Waals surface area contributed by atoms with Crippen molar-refractivity contribution >= 4 is 29.5 Å². The molecule has 0 spiro atoms. The van der Waals surface area contributed by atoms with Gasteiger partial charge in [0.05, 0.1) is 6.04 Å². The van der Waals surface area contributed by atoms with Gasteiger partial charge in [-0.25, -0.2) is 19.0 Å². The summed E-state index contributed by atoms with van der Waals surface area (Å²) >= 11 is 0. The van der Waals surface area contributed by atoms with Crippen molar-refractivity contribution in [1.82, 2.24) is 15.3 Å². The van der Waals surface area contributed by atoms with Gasteiger partial charge in [-0.3, -0.25) is 0 Å². The number of benzene rings is 3. The lowest BCUT2D eigenvalue weighted by atomic mass is 9.93. The van der Waals surface area contributed by atoms with Crippen LogP contribution in [0.5, 0.6) is 5.75 Å². The minimum absolute atomic E-state index is 0.0888. The highest BCUT2D eigenvalue weighted by Gasteiger charge is 2.30. The number of esters is 1. The van der Waals surface area contributed by atoms with Crippen LogP contribution in [0.15, 0.2) is 72.8 Å². The standard InChI is InChI=1S/C36H40FN5O4/c1-22-23(2)38-34(39-28-15-13-27(37)14-16-28)41-32(22)42-19-18-26-12-17-29(21-30(26)24(42)3)45-33(43)31(20-25-10-8-7-9-11-25)40-35(44)46-36(4,5)6/h7-17,21,24,31H,18-20H2,1-6H3,(H,40,44)(H,38,39,41)/t24?,31-/m0/s1. The fraction of sp³-hybridized carbons (Fsp3) is 0.333. The third kappa shape index (κ3) is 7.99. The second-order valence-electron chi connectivity index (χ2n) is 12.5. The van der Waals surface area contributed by atoms with Crippen LogP contribution in [-0.2, 0) is 22.4 Å². The SMILES string of the molecule is Cc1nc(Nc2ccc(F)cc2)nc(N2CCc3ccc(OC(=O)[C@H](Cc4ccccc4)NC(=O)OC(C)(C)C)cc3C2C)c1C. The highest BCUT2D eigenvalue weighted by molar-refractivity contribution is 5.83. The number of nitrogens with zero attached hydrogens (tertiary/aromatic N) is 3. The minimum atomic E-state index is -0.958. The van der Waals surface area contributed by atoms with E-state index in [2.05, 4.69) is 27.4 Å². The molecular weight excluding hydrogens is 585 g/mol. The van der Waals surface area contributed by atoms with Crippen molar-refractivity contribution in [3.8, 4) is 5.75 Å². The van der Waals surface area contributed by atoms with E-state index in [1.807, 2.05) is 56.3 Å². The molecule has 2 heterocycles. The number of nitrogens with one attached hydrogen (secondary N) is 2. The van der Waals surface area contributed by atoms with Crippen LogP contribution in [-0.4, -0.2) is 40.2 Å². The fourth-order valence-corrected chi connectivity index (χ4v) is 5.44. The quantitative estimate of drug-likeness (QED) is 0.157. The van der Waals surface area contributed by atoms with Crippen molar-refractivity contribution in [3.05, 3.63) is 107 Å². The first-order valence-electron chi connectivity index (χ1n) is 15.4. The van der Waals surface area contributed by atoms with Crippen molar-refractivity contribution in [1.29, 1.82) is 0 Å². The van der Waals surface area contributed by atoms with Crippen LogP contribution in [0.25, 0.3) is 0 Å². The number of carbonyl (C=O) groups excluding carboxylic acids is 2. The number of halogens is 1. The molecule has 1 aliphatic rings. The summed E-state index contributed by atoms with van der Waals surface area (Å²) in [6, 6.07) is 20.1. The van der Waals surface area contributed by atoms with Crippen LogP contribution in [0.4, 0.5) is 26.6 Å². The second kappa shape index (κ2) is 13.6. The Morgan fingerprint density at radius 3 is 2.43 bits per heavy atom. The molecule has 9 nitrogen and oxygen atoms in total. The van der Waals surface area contributed by atoms with Gasteiger partial charge in [-0.15, -0.1) is 0 Å². The van der Waals surface area contributed by atoms with Gasteiger partial charge in [-0.05, 0) is 101 Å². The van der Waals surface area contributed by atoms with Crippen molar-refractivity contribution in [3.63, 3.8) is 0 Å². The Bertz CT molecular complexity index is 1710. The molecule has 1 aliphatic heterocycles. The third-order valence-corrected chi connectivity index (χ3v) is 7.87. The lowest BCUT2D eigenvalue weighted by Gasteiger charge is -2.37. The van der Waals surface area contributed by atoms with Gasteiger partial charge in [0.25, 0.3) is 0 Å². The molecule has 0 fully saturated rings. The number of hydrogen-bond donors (Lipinski definition) is 2. The second-order valence-corrected chi connectivity index (χ2v) is 12.5. The maximum Gasteiger partial charge on any atom is 0.408 e. The number of ether oxygens (including phenoxy) is 2. The molecule has 10 heteroatoms. The summed E-state index contributed by atoms with van der Waals surface area (Å²) in [5.41, 5.74) is 4.80. The number of aryl methyl sites for hydroxylation is 1. The van der Waals surface area contributed by atoms with E-state index in [1.54, 1.807) is 39.0 Å². The number of alkyl carbamates (subject to hydrolysis) is 1. The summed E-state index contributed by atoms with van der Waals surface area (Å²) in [7, 11) is 0. The van der Waals surface area contributed by atoms with Crippen molar-refractivity contribution in [2.24, 2.45) is 0 Å². The Hall–Kier alpha value is -4.99. The molecule has 240 valence electrons. The first-order valence-corrected chi connectivity index (χ1v) is 15.4.